The number of carbonyl (C=O) groups is 2. The summed E-state index contributed by atoms with van der Waals surface area (Å²) in [5.74, 6) is -37.3. The van der Waals surface area contributed by atoms with Crippen LogP contribution in [0, 0.1) is 0 Å². The molecule has 0 amide bonds. The predicted molar refractivity (Wildman–Crippen MR) is 156 cm³/mol. The number of carbonyl (C=O) groups excluding carboxylic acids is 2. The molecule has 0 fully saturated rings. The van der Waals surface area contributed by atoms with E-state index in [0.29, 0.717) is 13.8 Å². The van der Waals surface area contributed by atoms with Crippen molar-refractivity contribution in [1.82, 2.24) is 0 Å². The highest BCUT2D eigenvalue weighted by atomic mass is 32.1. The predicted octanol–water partition coefficient (Wildman–Crippen LogP) is 11.5. The molecule has 22 heteroatoms. The van der Waals surface area contributed by atoms with Crippen molar-refractivity contribution in [2.24, 2.45) is 0 Å². The normalized spacial score (nSPS) is 18.8. The first-order chi connectivity index (χ1) is 24.0. The van der Waals surface area contributed by atoms with E-state index in [1.807, 2.05) is 0 Å². The Morgan fingerprint density at radius 3 is 1.17 bits per heavy atom. The molecule has 0 spiro atoms. The van der Waals surface area contributed by atoms with Crippen molar-refractivity contribution in [1.29, 1.82) is 0 Å². The van der Waals surface area contributed by atoms with Gasteiger partial charge < -0.3 is 9.47 Å². The number of allylic oxidation sites excluding steroid dienone is 2. The maximum absolute atomic E-state index is 16.1. The van der Waals surface area contributed by atoms with Crippen LogP contribution in [-0.4, -0.2) is 53.9 Å². The van der Waals surface area contributed by atoms with Crippen LogP contribution in [0.1, 0.15) is 46.9 Å². The average molecular weight is 821 g/mol. The van der Waals surface area contributed by atoms with Crippen LogP contribution in [0.3, 0.4) is 0 Å². The van der Waals surface area contributed by atoms with E-state index in [9.17, 15) is 53.5 Å². The van der Waals surface area contributed by atoms with Crippen LogP contribution in [0.25, 0.3) is 31.3 Å². The van der Waals surface area contributed by atoms with Gasteiger partial charge in [-0.15, -0.1) is 22.7 Å². The summed E-state index contributed by atoms with van der Waals surface area (Å²) in [5, 5.41) is -1.21. The van der Waals surface area contributed by atoms with Gasteiger partial charge in [0.25, 0.3) is 0 Å². The molecule has 4 nitrogen and oxygen atoms in total. The number of hydrogen-bond acceptors (Lipinski definition) is 6. The molecule has 1 aliphatic rings. The van der Waals surface area contributed by atoms with Gasteiger partial charge in [-0.25, -0.2) is 9.59 Å². The standard InChI is InChI=1S/C31H16F16O4S2/c1-11(50-23(48)27(36,37)30(42,43)44)21-17(13-7-3-5-9-15(13)52-21)19-20(26(34,35)29(40,41)25(19,32)33)18-14-8-4-6-10-16(14)53-22(18)12(2)51-24(49)28(38,39)31(45,46)47/h3-12H,1-2H3/t11-,12-/m0/s1. The van der Waals surface area contributed by atoms with Gasteiger partial charge in [-0.1, -0.05) is 36.4 Å². The number of rotatable bonds is 8. The molecule has 53 heavy (non-hydrogen) atoms. The fourth-order valence-electron chi connectivity index (χ4n) is 5.41. The third-order valence-corrected chi connectivity index (χ3v) is 10.6. The molecule has 2 heterocycles. The first kappa shape index (κ1) is 40.1. The number of hydrogen-bond donors (Lipinski definition) is 0. The smallest absolute Gasteiger partial charge is 0.452 e. The lowest BCUT2D eigenvalue weighted by Gasteiger charge is -2.26. The summed E-state index contributed by atoms with van der Waals surface area (Å²) in [4.78, 5) is 21.9. The quantitative estimate of drug-likeness (QED) is 0.131. The van der Waals surface area contributed by atoms with E-state index < -0.39 is 109 Å². The summed E-state index contributed by atoms with van der Waals surface area (Å²) in [6.07, 6.45) is -18.0. The monoisotopic (exact) mass is 820 g/mol. The topological polar surface area (TPSA) is 52.6 Å². The van der Waals surface area contributed by atoms with Crippen molar-refractivity contribution >= 4 is 65.9 Å². The first-order valence-corrected chi connectivity index (χ1v) is 15.9. The van der Waals surface area contributed by atoms with Crippen LogP contribution in [0.4, 0.5) is 70.2 Å². The molecule has 0 radical (unpaired) electrons. The van der Waals surface area contributed by atoms with Gasteiger partial charge in [0.05, 0.1) is 9.75 Å². The molecule has 5 rings (SSSR count). The molecule has 288 valence electrons. The lowest BCUT2D eigenvalue weighted by atomic mass is 9.90. The Balaban J connectivity index is 1.85. The molecule has 0 unspecified atom stereocenters. The molecular formula is C31H16F16O4S2. The number of benzene rings is 2. The Hall–Kier alpha value is -4.08. The van der Waals surface area contributed by atoms with Crippen molar-refractivity contribution < 1.29 is 89.3 Å². The molecule has 0 saturated heterocycles. The third kappa shape index (κ3) is 5.99. The van der Waals surface area contributed by atoms with E-state index in [4.69, 9.17) is 0 Å². The first-order valence-electron chi connectivity index (χ1n) is 14.3. The molecule has 2 aromatic carbocycles. The Morgan fingerprint density at radius 1 is 0.566 bits per heavy atom. The van der Waals surface area contributed by atoms with Crippen LogP contribution < -0.4 is 0 Å². The van der Waals surface area contributed by atoms with Crippen LogP contribution in [-0.2, 0) is 19.1 Å². The maximum atomic E-state index is 16.1. The number of thiophene rings is 2. The number of ether oxygens (including phenoxy) is 2. The van der Waals surface area contributed by atoms with E-state index >= 15 is 26.3 Å². The van der Waals surface area contributed by atoms with E-state index in [1.54, 1.807) is 0 Å². The zero-order chi connectivity index (χ0) is 40.1. The van der Waals surface area contributed by atoms with E-state index in [2.05, 4.69) is 9.47 Å². The van der Waals surface area contributed by atoms with Gasteiger partial charge in [-0.3, -0.25) is 0 Å². The van der Waals surface area contributed by atoms with Crippen LogP contribution in [0.2, 0.25) is 0 Å². The van der Waals surface area contributed by atoms with Crippen molar-refractivity contribution in [2.75, 3.05) is 0 Å². The minimum atomic E-state index is -6.54. The molecule has 0 saturated carbocycles. The zero-order valence-corrected chi connectivity index (χ0v) is 27.4. The third-order valence-electron chi connectivity index (χ3n) is 7.94. The maximum Gasteiger partial charge on any atom is 0.465 e. The zero-order valence-electron chi connectivity index (χ0n) is 25.8. The van der Waals surface area contributed by atoms with E-state index in [-0.39, 0.29) is 32.1 Å². The van der Waals surface area contributed by atoms with Gasteiger partial charge in [0.2, 0.25) is 0 Å². The summed E-state index contributed by atoms with van der Waals surface area (Å²) in [7, 11) is 0. The fourth-order valence-corrected chi connectivity index (χ4v) is 7.80. The second-order valence-corrected chi connectivity index (χ2v) is 13.6. The molecule has 0 aliphatic heterocycles. The Bertz CT molecular complexity index is 1990. The van der Waals surface area contributed by atoms with E-state index in [0.717, 1.165) is 36.4 Å². The Labute approximate surface area is 292 Å². The number of esters is 2. The summed E-state index contributed by atoms with van der Waals surface area (Å²) in [6, 6.07) is 8.44. The van der Waals surface area contributed by atoms with Gasteiger partial charge in [0.1, 0.15) is 12.2 Å². The number of alkyl halides is 16. The highest BCUT2D eigenvalue weighted by molar-refractivity contribution is 7.20. The molecule has 1 aliphatic carbocycles. The molecule has 0 bridgehead atoms. The Kier molecular flexibility index (Phi) is 9.45. The van der Waals surface area contributed by atoms with Crippen LogP contribution >= 0.6 is 22.7 Å². The van der Waals surface area contributed by atoms with Crippen LogP contribution in [0.5, 0.6) is 0 Å². The molecule has 0 N–H and O–H groups in total. The van der Waals surface area contributed by atoms with Crippen molar-refractivity contribution in [3.63, 3.8) is 0 Å². The SMILES string of the molecule is C[C@H](OC(=O)C(F)(F)C(F)(F)F)c1sc2ccccc2c1C1=C(c2c([C@H](C)OC(=O)C(F)(F)C(F)(F)F)sc3ccccc23)C(F)(F)C(F)(F)C1(F)F. The molecule has 2 atom stereocenters. The molecule has 4 aromatic rings. The van der Waals surface area contributed by atoms with Crippen LogP contribution in [0.15, 0.2) is 48.5 Å². The largest absolute Gasteiger partial charge is 0.465 e. The minimum absolute atomic E-state index is 0.190. The van der Waals surface area contributed by atoms with Crippen molar-refractivity contribution in [3.8, 4) is 0 Å². The average Bonchev–Trinajstić information content (AvgIpc) is 3.63. The van der Waals surface area contributed by atoms with Crippen molar-refractivity contribution in [3.05, 3.63) is 69.4 Å². The van der Waals surface area contributed by atoms with E-state index in [1.165, 1.54) is 12.1 Å². The number of halogens is 16. The fraction of sp³-hybridized carbons (Fsp3) is 0.355. The lowest BCUT2D eigenvalue weighted by Crippen LogP contribution is -2.49. The van der Waals surface area contributed by atoms with Gasteiger partial charge in [-0.2, -0.15) is 70.2 Å². The summed E-state index contributed by atoms with van der Waals surface area (Å²) < 4.78 is 236. The van der Waals surface area contributed by atoms with Gasteiger partial charge in [-0.05, 0) is 26.0 Å². The highest BCUT2D eigenvalue weighted by Gasteiger charge is 2.81. The van der Waals surface area contributed by atoms with Gasteiger partial charge in [0, 0.05) is 42.4 Å². The van der Waals surface area contributed by atoms with Gasteiger partial charge in [0.15, 0.2) is 0 Å². The highest BCUT2D eigenvalue weighted by Crippen LogP contribution is 2.67. The Morgan fingerprint density at radius 2 is 0.868 bits per heavy atom. The molecular weight excluding hydrogens is 804 g/mol. The summed E-state index contributed by atoms with van der Waals surface area (Å²) >= 11 is 0.379. The van der Waals surface area contributed by atoms with Crippen molar-refractivity contribution in [2.45, 2.75) is 68.0 Å². The number of fused-ring (bicyclic) bond motifs is 2. The second kappa shape index (κ2) is 12.5. The lowest BCUT2D eigenvalue weighted by molar-refractivity contribution is -0.282. The van der Waals surface area contributed by atoms with Gasteiger partial charge >= 0.3 is 53.9 Å². The second-order valence-electron chi connectivity index (χ2n) is 11.4. The molecule has 2 aromatic heterocycles. The minimum Gasteiger partial charge on any atom is -0.452 e. The summed E-state index contributed by atoms with van der Waals surface area (Å²) in [5.41, 5.74) is -7.27. The summed E-state index contributed by atoms with van der Waals surface area (Å²) in [6.45, 7) is 1.10.